The molecular weight excluding hydrogens is 244 g/mol. The van der Waals surface area contributed by atoms with Gasteiger partial charge in [-0.1, -0.05) is 41.0 Å². The molecule has 2 heteroatoms. The van der Waals surface area contributed by atoms with Crippen LogP contribution >= 0.6 is 0 Å². The van der Waals surface area contributed by atoms with Crippen LogP contribution in [0.25, 0.3) is 0 Å². The van der Waals surface area contributed by atoms with Gasteiger partial charge in [0.1, 0.15) is 0 Å². The van der Waals surface area contributed by atoms with Gasteiger partial charge in [0, 0.05) is 12.6 Å². The molecule has 0 aromatic heterocycles. The van der Waals surface area contributed by atoms with Crippen LogP contribution in [-0.4, -0.2) is 30.6 Å². The van der Waals surface area contributed by atoms with Gasteiger partial charge in [-0.3, -0.25) is 4.90 Å². The molecule has 0 aromatic rings. The lowest BCUT2D eigenvalue weighted by Crippen LogP contribution is -2.48. The van der Waals surface area contributed by atoms with Crippen molar-refractivity contribution in [3.05, 3.63) is 0 Å². The van der Waals surface area contributed by atoms with Crippen LogP contribution < -0.4 is 5.73 Å². The first kappa shape index (κ1) is 16.3. The van der Waals surface area contributed by atoms with Gasteiger partial charge in [-0.15, -0.1) is 0 Å². The second-order valence-corrected chi connectivity index (χ2v) is 8.80. The molecule has 3 atom stereocenters. The molecule has 118 valence electrons. The molecule has 2 aliphatic rings. The molecule has 2 fully saturated rings. The Bertz CT molecular complexity index is 321. The van der Waals surface area contributed by atoms with Crippen molar-refractivity contribution in [3.63, 3.8) is 0 Å². The summed E-state index contributed by atoms with van der Waals surface area (Å²) in [7, 11) is 0. The summed E-state index contributed by atoms with van der Waals surface area (Å²) < 4.78 is 0. The van der Waals surface area contributed by atoms with Gasteiger partial charge in [0.2, 0.25) is 0 Å². The third-order valence-electron chi connectivity index (χ3n) is 6.45. The topological polar surface area (TPSA) is 29.3 Å². The number of hydrogen-bond donors (Lipinski definition) is 1. The molecular formula is C18H36N2. The van der Waals surface area contributed by atoms with Gasteiger partial charge in [-0.05, 0) is 61.4 Å². The number of nitrogens with two attached hydrogens (primary N) is 1. The molecule has 3 unspecified atom stereocenters. The van der Waals surface area contributed by atoms with Gasteiger partial charge < -0.3 is 5.73 Å². The fourth-order valence-corrected chi connectivity index (χ4v) is 4.37. The van der Waals surface area contributed by atoms with Crippen LogP contribution in [0, 0.1) is 22.7 Å². The predicted octanol–water partition coefficient (Wildman–Crippen LogP) is 3.90. The zero-order chi connectivity index (χ0) is 15.0. The summed E-state index contributed by atoms with van der Waals surface area (Å²) >= 11 is 0. The quantitative estimate of drug-likeness (QED) is 0.846. The van der Waals surface area contributed by atoms with E-state index in [1.807, 2.05) is 0 Å². The minimum atomic E-state index is 0.493. The van der Waals surface area contributed by atoms with Gasteiger partial charge >= 0.3 is 0 Å². The zero-order valence-electron chi connectivity index (χ0n) is 14.4. The maximum absolute atomic E-state index is 6.09. The Morgan fingerprint density at radius 3 is 2.45 bits per heavy atom. The van der Waals surface area contributed by atoms with Crippen molar-refractivity contribution in [2.24, 2.45) is 28.4 Å². The fraction of sp³-hybridized carbons (Fsp3) is 1.00. The monoisotopic (exact) mass is 280 g/mol. The largest absolute Gasteiger partial charge is 0.330 e. The van der Waals surface area contributed by atoms with Crippen molar-refractivity contribution < 1.29 is 0 Å². The second kappa shape index (κ2) is 5.96. The van der Waals surface area contributed by atoms with Crippen LogP contribution in [0.15, 0.2) is 0 Å². The molecule has 2 rings (SSSR count). The van der Waals surface area contributed by atoms with Gasteiger partial charge in [0.25, 0.3) is 0 Å². The Morgan fingerprint density at radius 1 is 1.25 bits per heavy atom. The lowest BCUT2D eigenvalue weighted by Gasteiger charge is -2.46. The smallest absolute Gasteiger partial charge is 0.0139 e. The van der Waals surface area contributed by atoms with E-state index in [2.05, 4.69) is 39.5 Å². The lowest BCUT2D eigenvalue weighted by molar-refractivity contribution is 0.0449. The number of rotatable bonds is 4. The molecule has 20 heavy (non-hydrogen) atoms. The summed E-state index contributed by atoms with van der Waals surface area (Å²) in [4.78, 5) is 2.77. The van der Waals surface area contributed by atoms with Crippen LogP contribution in [-0.2, 0) is 0 Å². The Hall–Kier alpha value is -0.0800. The molecule has 1 saturated carbocycles. The number of nitrogens with zero attached hydrogens (tertiary/aromatic N) is 1. The van der Waals surface area contributed by atoms with Crippen LogP contribution in [0.1, 0.15) is 66.7 Å². The number of hydrogen-bond acceptors (Lipinski definition) is 2. The third kappa shape index (κ3) is 3.39. The van der Waals surface area contributed by atoms with Crippen LogP contribution in [0.5, 0.6) is 0 Å². The van der Waals surface area contributed by atoms with Crippen molar-refractivity contribution >= 4 is 0 Å². The highest BCUT2D eigenvalue weighted by atomic mass is 15.2. The van der Waals surface area contributed by atoms with E-state index in [1.165, 1.54) is 45.2 Å². The first-order valence-electron chi connectivity index (χ1n) is 8.73. The van der Waals surface area contributed by atoms with Crippen molar-refractivity contribution in [2.75, 3.05) is 19.6 Å². The van der Waals surface area contributed by atoms with Crippen molar-refractivity contribution in [2.45, 2.75) is 72.8 Å². The normalized spacial score (nSPS) is 35.4. The summed E-state index contributed by atoms with van der Waals surface area (Å²) in [6, 6.07) is 0.742. The Balaban J connectivity index is 2.07. The Labute approximate surface area is 126 Å². The fourth-order valence-electron chi connectivity index (χ4n) is 4.37. The zero-order valence-corrected chi connectivity index (χ0v) is 14.4. The van der Waals surface area contributed by atoms with Crippen LogP contribution in [0.4, 0.5) is 0 Å². The molecule has 0 radical (unpaired) electrons. The minimum absolute atomic E-state index is 0.493. The molecule has 2 N–H and O–H groups in total. The predicted molar refractivity (Wildman–Crippen MR) is 87.7 cm³/mol. The van der Waals surface area contributed by atoms with E-state index in [-0.39, 0.29) is 0 Å². The highest BCUT2D eigenvalue weighted by Gasteiger charge is 2.42. The summed E-state index contributed by atoms with van der Waals surface area (Å²) in [6.07, 6.45) is 6.74. The van der Waals surface area contributed by atoms with Gasteiger partial charge in [0.05, 0.1) is 0 Å². The molecule has 2 nitrogen and oxygen atoms in total. The molecule has 0 amide bonds. The molecule has 0 aromatic carbocycles. The lowest BCUT2D eigenvalue weighted by atomic mass is 9.65. The van der Waals surface area contributed by atoms with E-state index in [0.29, 0.717) is 10.8 Å². The van der Waals surface area contributed by atoms with Crippen LogP contribution in [0.2, 0.25) is 0 Å². The molecule has 1 aliphatic carbocycles. The van der Waals surface area contributed by atoms with E-state index in [1.54, 1.807) is 0 Å². The van der Waals surface area contributed by atoms with Crippen molar-refractivity contribution in [3.8, 4) is 0 Å². The maximum atomic E-state index is 6.09. The van der Waals surface area contributed by atoms with E-state index in [4.69, 9.17) is 5.73 Å². The standard InChI is InChI=1S/C18H36N2/c1-6-18(4,5)15-8-7-14(12-19)16(11-15)20-10-9-17(2,3)13-20/h14-16H,6-13,19H2,1-5H3. The highest BCUT2D eigenvalue weighted by Crippen LogP contribution is 2.45. The average Bonchev–Trinajstić information content (AvgIpc) is 2.78. The summed E-state index contributed by atoms with van der Waals surface area (Å²) in [5.74, 6) is 1.61. The SMILES string of the molecule is CCC(C)(C)C1CCC(CN)C(N2CCC(C)(C)C2)C1. The highest BCUT2D eigenvalue weighted by molar-refractivity contribution is 4.95. The van der Waals surface area contributed by atoms with Crippen molar-refractivity contribution in [1.82, 2.24) is 4.90 Å². The second-order valence-electron chi connectivity index (χ2n) is 8.80. The van der Waals surface area contributed by atoms with E-state index in [9.17, 15) is 0 Å². The first-order valence-corrected chi connectivity index (χ1v) is 8.73. The van der Waals surface area contributed by atoms with Gasteiger partial charge in [-0.25, -0.2) is 0 Å². The van der Waals surface area contributed by atoms with E-state index in [0.717, 1.165) is 24.4 Å². The summed E-state index contributed by atoms with van der Waals surface area (Å²) in [6.45, 7) is 15.5. The third-order valence-corrected chi connectivity index (χ3v) is 6.45. The maximum Gasteiger partial charge on any atom is 0.0139 e. The average molecular weight is 280 g/mol. The molecule has 0 spiro atoms. The summed E-state index contributed by atoms with van der Waals surface area (Å²) in [5, 5.41) is 0. The first-order chi connectivity index (χ1) is 9.29. The molecule has 1 aliphatic heterocycles. The molecule has 1 saturated heterocycles. The molecule has 0 bridgehead atoms. The van der Waals surface area contributed by atoms with E-state index < -0.39 is 0 Å². The Kier molecular flexibility index (Phi) is 4.86. The number of likely N-dealkylation sites (tertiary alicyclic amines) is 1. The van der Waals surface area contributed by atoms with Gasteiger partial charge in [0.15, 0.2) is 0 Å². The minimum Gasteiger partial charge on any atom is -0.330 e. The van der Waals surface area contributed by atoms with Gasteiger partial charge in [-0.2, -0.15) is 0 Å². The van der Waals surface area contributed by atoms with Crippen molar-refractivity contribution in [1.29, 1.82) is 0 Å². The van der Waals surface area contributed by atoms with Crippen LogP contribution in [0.3, 0.4) is 0 Å². The van der Waals surface area contributed by atoms with E-state index >= 15 is 0 Å². The summed E-state index contributed by atoms with van der Waals surface area (Å²) in [5.41, 5.74) is 7.09. The Morgan fingerprint density at radius 2 is 1.95 bits per heavy atom. The molecule has 1 heterocycles.